The average Bonchev–Trinajstić information content (AvgIpc) is 2.93. The van der Waals surface area contributed by atoms with Crippen LogP contribution >= 0.6 is 0 Å². The number of nitrogens with one attached hydrogen (secondary N) is 3. The zero-order chi connectivity index (χ0) is 13.3. The molecule has 0 unspecified atom stereocenters. The van der Waals surface area contributed by atoms with Gasteiger partial charge in [-0.2, -0.15) is 0 Å². The maximum atomic E-state index is 11.7. The summed E-state index contributed by atoms with van der Waals surface area (Å²) in [5.74, 6) is 0.168. The quantitative estimate of drug-likeness (QED) is 0.666. The standard InChI is InChI=1S/C14H24N4O/c19-14(17-7-5-13-3-1-6-16-13)4-2-10-18-11-8-15-9-12-18/h1,3,6,15-16H,2,4-5,7-12H2,(H,17,19). The molecule has 1 amide bonds. The molecule has 3 N–H and O–H groups in total. The Kier molecular flexibility index (Phi) is 5.91. The lowest BCUT2D eigenvalue weighted by molar-refractivity contribution is -0.121. The average molecular weight is 264 g/mol. The maximum absolute atomic E-state index is 11.7. The fourth-order valence-electron chi connectivity index (χ4n) is 2.35. The minimum atomic E-state index is 0.168. The highest BCUT2D eigenvalue weighted by Crippen LogP contribution is 1.98. The van der Waals surface area contributed by atoms with Gasteiger partial charge >= 0.3 is 0 Å². The number of rotatable bonds is 7. The summed E-state index contributed by atoms with van der Waals surface area (Å²) in [5, 5.41) is 6.30. The van der Waals surface area contributed by atoms with E-state index in [1.165, 1.54) is 5.69 Å². The molecule has 0 bridgehead atoms. The molecular formula is C14H24N4O. The smallest absolute Gasteiger partial charge is 0.220 e. The molecule has 1 fully saturated rings. The second-order valence-electron chi connectivity index (χ2n) is 4.99. The molecule has 1 aliphatic heterocycles. The molecule has 1 aromatic rings. The number of piperazine rings is 1. The van der Waals surface area contributed by atoms with E-state index in [-0.39, 0.29) is 5.91 Å². The minimum absolute atomic E-state index is 0.168. The monoisotopic (exact) mass is 264 g/mol. The molecule has 1 aromatic heterocycles. The normalized spacial score (nSPS) is 16.4. The molecule has 2 rings (SSSR count). The number of carbonyl (C=O) groups excluding carboxylic acids is 1. The van der Waals surface area contributed by atoms with E-state index in [0.29, 0.717) is 13.0 Å². The summed E-state index contributed by atoms with van der Waals surface area (Å²) in [6, 6.07) is 4.02. The van der Waals surface area contributed by atoms with Crippen molar-refractivity contribution in [2.75, 3.05) is 39.3 Å². The van der Waals surface area contributed by atoms with Crippen LogP contribution in [0.3, 0.4) is 0 Å². The second kappa shape index (κ2) is 7.96. The lowest BCUT2D eigenvalue weighted by atomic mass is 10.2. The first-order chi connectivity index (χ1) is 9.34. The Bertz CT molecular complexity index is 358. The number of hydrogen-bond donors (Lipinski definition) is 3. The number of hydrogen-bond acceptors (Lipinski definition) is 3. The van der Waals surface area contributed by atoms with Crippen molar-refractivity contribution in [2.45, 2.75) is 19.3 Å². The Morgan fingerprint density at radius 1 is 1.37 bits per heavy atom. The summed E-state index contributed by atoms with van der Waals surface area (Å²) in [6.45, 7) is 6.10. The number of aromatic nitrogens is 1. The summed E-state index contributed by atoms with van der Waals surface area (Å²) in [6.07, 6.45) is 4.37. The van der Waals surface area contributed by atoms with Gasteiger partial charge in [-0.1, -0.05) is 0 Å². The maximum Gasteiger partial charge on any atom is 0.220 e. The van der Waals surface area contributed by atoms with Gasteiger partial charge in [0.2, 0.25) is 5.91 Å². The molecule has 1 aliphatic rings. The Morgan fingerprint density at radius 2 is 2.21 bits per heavy atom. The second-order valence-corrected chi connectivity index (χ2v) is 4.99. The molecule has 0 spiro atoms. The predicted octanol–water partition coefficient (Wildman–Crippen LogP) is 0.359. The van der Waals surface area contributed by atoms with Crippen molar-refractivity contribution >= 4 is 5.91 Å². The largest absolute Gasteiger partial charge is 0.365 e. The first-order valence-electron chi connectivity index (χ1n) is 7.16. The molecule has 0 saturated carbocycles. The third-order valence-corrected chi connectivity index (χ3v) is 3.47. The summed E-state index contributed by atoms with van der Waals surface area (Å²) < 4.78 is 0. The highest BCUT2D eigenvalue weighted by molar-refractivity contribution is 5.75. The molecule has 0 radical (unpaired) electrons. The van der Waals surface area contributed by atoms with Gasteiger partial charge in [0, 0.05) is 57.5 Å². The van der Waals surface area contributed by atoms with Crippen LogP contribution < -0.4 is 10.6 Å². The number of carbonyl (C=O) groups is 1. The molecule has 19 heavy (non-hydrogen) atoms. The summed E-state index contributed by atoms with van der Waals surface area (Å²) in [5.41, 5.74) is 1.17. The Labute approximate surface area is 114 Å². The lowest BCUT2D eigenvalue weighted by Gasteiger charge is -2.26. The third-order valence-electron chi connectivity index (χ3n) is 3.47. The van der Waals surface area contributed by atoms with Gasteiger partial charge in [-0.15, -0.1) is 0 Å². The number of aromatic amines is 1. The van der Waals surface area contributed by atoms with Crippen LogP contribution in [0.2, 0.25) is 0 Å². The van der Waals surface area contributed by atoms with Gasteiger partial charge in [-0.05, 0) is 25.1 Å². The van der Waals surface area contributed by atoms with Crippen LogP contribution in [0.1, 0.15) is 18.5 Å². The molecule has 0 aromatic carbocycles. The fraction of sp³-hybridized carbons (Fsp3) is 0.643. The van der Waals surface area contributed by atoms with Crippen molar-refractivity contribution in [3.8, 4) is 0 Å². The van der Waals surface area contributed by atoms with Gasteiger partial charge in [-0.25, -0.2) is 0 Å². The Hall–Kier alpha value is -1.33. The lowest BCUT2D eigenvalue weighted by Crippen LogP contribution is -2.43. The number of amides is 1. The first-order valence-corrected chi connectivity index (χ1v) is 7.16. The molecule has 106 valence electrons. The molecule has 1 saturated heterocycles. The fourth-order valence-corrected chi connectivity index (χ4v) is 2.35. The van der Waals surface area contributed by atoms with E-state index < -0.39 is 0 Å². The van der Waals surface area contributed by atoms with E-state index in [1.54, 1.807) is 0 Å². The highest BCUT2D eigenvalue weighted by Gasteiger charge is 2.09. The van der Waals surface area contributed by atoms with Crippen molar-refractivity contribution in [3.63, 3.8) is 0 Å². The van der Waals surface area contributed by atoms with Crippen LogP contribution in [-0.4, -0.2) is 55.1 Å². The van der Waals surface area contributed by atoms with Crippen molar-refractivity contribution in [1.29, 1.82) is 0 Å². The van der Waals surface area contributed by atoms with E-state index in [2.05, 4.69) is 20.5 Å². The highest BCUT2D eigenvalue weighted by atomic mass is 16.1. The molecular weight excluding hydrogens is 240 g/mol. The SMILES string of the molecule is O=C(CCCN1CCNCC1)NCCc1ccc[nH]1. The zero-order valence-corrected chi connectivity index (χ0v) is 11.5. The van der Waals surface area contributed by atoms with Crippen molar-refractivity contribution in [3.05, 3.63) is 24.0 Å². The van der Waals surface area contributed by atoms with Crippen molar-refractivity contribution in [2.24, 2.45) is 0 Å². The topological polar surface area (TPSA) is 60.2 Å². The molecule has 2 heterocycles. The van der Waals surface area contributed by atoms with Crippen LogP contribution in [0, 0.1) is 0 Å². The first kappa shape index (κ1) is 14.1. The third kappa shape index (κ3) is 5.44. The predicted molar refractivity (Wildman–Crippen MR) is 76.1 cm³/mol. The van der Waals surface area contributed by atoms with Gasteiger partial charge in [0.1, 0.15) is 0 Å². The van der Waals surface area contributed by atoms with Crippen LogP contribution in [0.4, 0.5) is 0 Å². The molecule has 5 nitrogen and oxygen atoms in total. The van der Waals surface area contributed by atoms with Gasteiger partial charge in [-0.3, -0.25) is 4.79 Å². The van der Waals surface area contributed by atoms with E-state index in [4.69, 9.17) is 0 Å². The zero-order valence-electron chi connectivity index (χ0n) is 11.5. The number of H-pyrrole nitrogens is 1. The summed E-state index contributed by atoms with van der Waals surface area (Å²) in [4.78, 5) is 17.2. The van der Waals surface area contributed by atoms with Crippen LogP contribution in [0.5, 0.6) is 0 Å². The summed E-state index contributed by atoms with van der Waals surface area (Å²) in [7, 11) is 0. The minimum Gasteiger partial charge on any atom is -0.365 e. The van der Waals surface area contributed by atoms with Crippen molar-refractivity contribution < 1.29 is 4.79 Å². The van der Waals surface area contributed by atoms with E-state index in [0.717, 1.165) is 45.6 Å². The Morgan fingerprint density at radius 3 is 2.95 bits per heavy atom. The van der Waals surface area contributed by atoms with E-state index in [9.17, 15) is 4.79 Å². The van der Waals surface area contributed by atoms with E-state index in [1.807, 2.05) is 18.3 Å². The van der Waals surface area contributed by atoms with Crippen LogP contribution in [0.15, 0.2) is 18.3 Å². The number of nitrogens with zero attached hydrogens (tertiary/aromatic N) is 1. The molecule has 0 atom stereocenters. The molecule has 0 aliphatic carbocycles. The van der Waals surface area contributed by atoms with Crippen LogP contribution in [-0.2, 0) is 11.2 Å². The van der Waals surface area contributed by atoms with Gasteiger partial charge in [0.05, 0.1) is 0 Å². The van der Waals surface area contributed by atoms with E-state index >= 15 is 0 Å². The molecule has 5 heteroatoms. The summed E-state index contributed by atoms with van der Waals surface area (Å²) >= 11 is 0. The van der Waals surface area contributed by atoms with Crippen molar-refractivity contribution in [1.82, 2.24) is 20.5 Å². The van der Waals surface area contributed by atoms with Gasteiger partial charge in [0.15, 0.2) is 0 Å². The van der Waals surface area contributed by atoms with Gasteiger partial charge < -0.3 is 20.5 Å². The van der Waals surface area contributed by atoms with Gasteiger partial charge in [0.25, 0.3) is 0 Å². The Balaban J connectivity index is 1.49. The van der Waals surface area contributed by atoms with Crippen LogP contribution in [0.25, 0.3) is 0 Å².